The summed E-state index contributed by atoms with van der Waals surface area (Å²) in [7, 11) is 0. The zero-order valence-electron chi connectivity index (χ0n) is 6.31. The van der Waals surface area contributed by atoms with E-state index in [-0.39, 0.29) is 16.0 Å². The van der Waals surface area contributed by atoms with Crippen LogP contribution in [-0.2, 0) is 0 Å². The molecule has 2 N–H and O–H groups in total. The normalized spacial score (nSPS) is 8.36. The lowest BCUT2D eigenvalue weighted by molar-refractivity contribution is 1.17. The monoisotopic (exact) mass is 193 g/mol. The summed E-state index contributed by atoms with van der Waals surface area (Å²) in [6.45, 7) is 4.00. The van der Waals surface area contributed by atoms with Crippen LogP contribution in [0, 0.1) is 0 Å². The number of rotatable bonds is 0. The summed E-state index contributed by atoms with van der Waals surface area (Å²) in [6, 6.07) is 0. The van der Waals surface area contributed by atoms with Gasteiger partial charge in [0, 0.05) is 0 Å². The molecule has 1 aromatic rings. The van der Waals surface area contributed by atoms with Crippen molar-refractivity contribution in [3.8, 4) is 0 Å². The third-order valence-electron chi connectivity index (χ3n) is 0.787. The van der Waals surface area contributed by atoms with Gasteiger partial charge in [-0.25, -0.2) is 9.97 Å². The molecule has 0 saturated heterocycles. The van der Waals surface area contributed by atoms with Crippen LogP contribution in [0.5, 0.6) is 0 Å². The second-order valence-corrected chi connectivity index (χ2v) is 2.08. The van der Waals surface area contributed by atoms with Crippen LogP contribution in [0.25, 0.3) is 0 Å². The van der Waals surface area contributed by atoms with Gasteiger partial charge in [-0.3, -0.25) is 0 Å². The van der Waals surface area contributed by atoms with E-state index in [4.69, 9.17) is 28.9 Å². The molecule has 11 heavy (non-hydrogen) atoms. The molecule has 1 aromatic heterocycles. The van der Waals surface area contributed by atoms with Gasteiger partial charge in [0.25, 0.3) is 0 Å². The van der Waals surface area contributed by atoms with Gasteiger partial charge in [-0.05, 0) is 0 Å². The van der Waals surface area contributed by atoms with E-state index < -0.39 is 0 Å². The van der Waals surface area contributed by atoms with E-state index in [0.29, 0.717) is 0 Å². The summed E-state index contributed by atoms with van der Waals surface area (Å²) >= 11 is 10.9. The molecular formula is C6H9Cl2N3. The van der Waals surface area contributed by atoms with Crippen LogP contribution in [0.15, 0.2) is 6.33 Å². The van der Waals surface area contributed by atoms with Crippen LogP contribution in [0.1, 0.15) is 13.8 Å². The molecule has 62 valence electrons. The highest BCUT2D eigenvalue weighted by Crippen LogP contribution is 2.20. The third kappa shape index (κ3) is 2.91. The lowest BCUT2D eigenvalue weighted by Crippen LogP contribution is -1.91. The Morgan fingerprint density at radius 2 is 1.55 bits per heavy atom. The summed E-state index contributed by atoms with van der Waals surface area (Å²) in [5.74, 6) is 0. The maximum absolute atomic E-state index is 5.45. The average Bonchev–Trinajstić information content (AvgIpc) is 2.04. The topological polar surface area (TPSA) is 51.8 Å². The van der Waals surface area contributed by atoms with E-state index in [1.54, 1.807) is 0 Å². The Bertz CT molecular complexity index is 207. The number of halogens is 2. The van der Waals surface area contributed by atoms with Crippen LogP contribution >= 0.6 is 23.2 Å². The Labute approximate surface area is 75.6 Å². The van der Waals surface area contributed by atoms with Crippen LogP contribution in [0.2, 0.25) is 10.3 Å². The summed E-state index contributed by atoms with van der Waals surface area (Å²) in [4.78, 5) is 7.17. The number of nitrogen functional groups attached to an aromatic ring is 1. The van der Waals surface area contributed by atoms with E-state index in [0.717, 1.165) is 0 Å². The zero-order valence-corrected chi connectivity index (χ0v) is 7.82. The SMILES string of the molecule is CC.Nc1c(Cl)ncnc1Cl. The predicted molar refractivity (Wildman–Crippen MR) is 47.8 cm³/mol. The van der Waals surface area contributed by atoms with Gasteiger partial charge in [0.15, 0.2) is 10.3 Å². The molecule has 0 saturated carbocycles. The second-order valence-electron chi connectivity index (χ2n) is 1.37. The molecule has 1 rings (SSSR count). The standard InChI is InChI=1S/C4H3Cl2N3.C2H6/c5-3-2(7)4(6)9-1-8-3;1-2/h1H,7H2;1-2H3. The highest BCUT2D eigenvalue weighted by Gasteiger charge is 2.00. The van der Waals surface area contributed by atoms with Crippen molar-refractivity contribution in [2.45, 2.75) is 13.8 Å². The zero-order chi connectivity index (χ0) is 8.85. The minimum absolute atomic E-state index is 0.190. The van der Waals surface area contributed by atoms with Crippen molar-refractivity contribution in [1.82, 2.24) is 9.97 Å². The number of nitrogens with zero attached hydrogens (tertiary/aromatic N) is 2. The predicted octanol–water partition coefficient (Wildman–Crippen LogP) is 2.39. The second kappa shape index (κ2) is 5.16. The molecule has 0 spiro atoms. The Morgan fingerprint density at radius 1 is 1.18 bits per heavy atom. The molecule has 0 radical (unpaired) electrons. The molecule has 3 nitrogen and oxygen atoms in total. The highest BCUT2D eigenvalue weighted by molar-refractivity contribution is 6.37. The minimum Gasteiger partial charge on any atom is -0.394 e. The van der Waals surface area contributed by atoms with Crippen molar-refractivity contribution in [3.63, 3.8) is 0 Å². The van der Waals surface area contributed by atoms with E-state index in [2.05, 4.69) is 9.97 Å². The molecule has 0 aromatic carbocycles. The minimum atomic E-state index is 0.190. The van der Waals surface area contributed by atoms with Gasteiger partial charge in [-0.15, -0.1) is 0 Å². The maximum atomic E-state index is 5.45. The third-order valence-corrected chi connectivity index (χ3v) is 1.39. The molecule has 1 heterocycles. The molecule has 0 aliphatic heterocycles. The van der Waals surface area contributed by atoms with Crippen molar-refractivity contribution < 1.29 is 0 Å². The Morgan fingerprint density at radius 3 is 1.82 bits per heavy atom. The van der Waals surface area contributed by atoms with Crippen molar-refractivity contribution in [2.24, 2.45) is 0 Å². The molecule has 0 amide bonds. The van der Waals surface area contributed by atoms with Crippen LogP contribution in [0.4, 0.5) is 5.69 Å². The van der Waals surface area contributed by atoms with Crippen molar-refractivity contribution in [1.29, 1.82) is 0 Å². The quantitative estimate of drug-likeness (QED) is 0.645. The number of hydrogen-bond acceptors (Lipinski definition) is 3. The van der Waals surface area contributed by atoms with Crippen LogP contribution < -0.4 is 5.73 Å². The van der Waals surface area contributed by atoms with Gasteiger partial charge in [0.05, 0.1) is 0 Å². The molecular weight excluding hydrogens is 185 g/mol. The van der Waals surface area contributed by atoms with Crippen molar-refractivity contribution >= 4 is 28.9 Å². The Balaban J connectivity index is 0.000000461. The molecule has 5 heteroatoms. The number of aromatic nitrogens is 2. The first kappa shape index (κ1) is 10.5. The summed E-state index contributed by atoms with van der Waals surface area (Å²) in [5, 5.41) is 0.380. The Kier molecular flexibility index (Phi) is 4.90. The largest absolute Gasteiger partial charge is 0.394 e. The lowest BCUT2D eigenvalue weighted by atomic mass is 10.6. The molecule has 0 fully saturated rings. The number of anilines is 1. The van der Waals surface area contributed by atoms with Gasteiger partial charge >= 0.3 is 0 Å². The number of hydrogen-bond donors (Lipinski definition) is 1. The smallest absolute Gasteiger partial charge is 0.156 e. The molecule has 0 aliphatic carbocycles. The highest BCUT2D eigenvalue weighted by atomic mass is 35.5. The summed E-state index contributed by atoms with van der Waals surface area (Å²) in [5.41, 5.74) is 5.52. The molecule has 0 bridgehead atoms. The fourth-order valence-corrected chi connectivity index (χ4v) is 0.669. The lowest BCUT2D eigenvalue weighted by Gasteiger charge is -1.94. The van der Waals surface area contributed by atoms with E-state index in [1.807, 2.05) is 13.8 Å². The average molecular weight is 194 g/mol. The van der Waals surface area contributed by atoms with Gasteiger partial charge in [0.1, 0.15) is 12.0 Å². The van der Waals surface area contributed by atoms with Gasteiger partial charge in [-0.2, -0.15) is 0 Å². The first-order chi connectivity index (χ1) is 5.22. The van der Waals surface area contributed by atoms with Gasteiger partial charge in [-0.1, -0.05) is 37.0 Å². The van der Waals surface area contributed by atoms with Crippen LogP contribution in [-0.4, -0.2) is 9.97 Å². The molecule has 0 aliphatic rings. The fourth-order valence-electron chi connectivity index (χ4n) is 0.354. The van der Waals surface area contributed by atoms with E-state index >= 15 is 0 Å². The van der Waals surface area contributed by atoms with Gasteiger partial charge in [0.2, 0.25) is 0 Å². The van der Waals surface area contributed by atoms with Gasteiger partial charge < -0.3 is 5.73 Å². The van der Waals surface area contributed by atoms with Crippen molar-refractivity contribution in [2.75, 3.05) is 5.73 Å². The Hall–Kier alpha value is -0.540. The fraction of sp³-hybridized carbons (Fsp3) is 0.333. The number of nitrogens with two attached hydrogens (primary N) is 1. The first-order valence-corrected chi connectivity index (χ1v) is 3.89. The van der Waals surface area contributed by atoms with E-state index in [1.165, 1.54) is 6.33 Å². The van der Waals surface area contributed by atoms with Crippen molar-refractivity contribution in [3.05, 3.63) is 16.6 Å². The maximum Gasteiger partial charge on any atom is 0.156 e. The van der Waals surface area contributed by atoms with E-state index in [9.17, 15) is 0 Å². The summed E-state index contributed by atoms with van der Waals surface area (Å²) in [6.07, 6.45) is 1.25. The molecule has 0 unspecified atom stereocenters. The first-order valence-electron chi connectivity index (χ1n) is 3.13. The molecule has 0 atom stereocenters. The summed E-state index contributed by atoms with van der Waals surface area (Å²) < 4.78 is 0. The van der Waals surface area contributed by atoms with Crippen LogP contribution in [0.3, 0.4) is 0 Å².